The van der Waals surface area contributed by atoms with Crippen LogP contribution in [0.1, 0.15) is 75.8 Å². The molecule has 2 aromatic rings. The average molecular weight is 394 g/mol. The van der Waals surface area contributed by atoms with Crippen LogP contribution in [0, 0.1) is 23.2 Å². The summed E-state index contributed by atoms with van der Waals surface area (Å²) in [5.74, 6) is 2.39. The van der Waals surface area contributed by atoms with Crippen LogP contribution in [-0.2, 0) is 0 Å². The van der Waals surface area contributed by atoms with E-state index in [9.17, 15) is 9.59 Å². The molecule has 1 aromatic carbocycles. The number of aromatic nitrogens is 2. The lowest BCUT2D eigenvalue weighted by Crippen LogP contribution is -2.56. The van der Waals surface area contributed by atoms with Crippen molar-refractivity contribution >= 4 is 16.7 Å². The highest BCUT2D eigenvalue weighted by Gasteiger charge is 2.53. The second-order valence-electron chi connectivity index (χ2n) is 10.2. The summed E-state index contributed by atoms with van der Waals surface area (Å²) in [5, 5.41) is 9.01. The van der Waals surface area contributed by atoms with Gasteiger partial charge in [-0.2, -0.15) is 5.10 Å². The Morgan fingerprint density at radius 3 is 2.14 bits per heavy atom. The van der Waals surface area contributed by atoms with Gasteiger partial charge in [0.15, 0.2) is 5.69 Å². The first-order valence-electron chi connectivity index (χ1n) is 11.2. The van der Waals surface area contributed by atoms with Gasteiger partial charge in [-0.3, -0.25) is 9.59 Å². The highest BCUT2D eigenvalue weighted by atomic mass is 16.2. The SMILES string of the molecule is CC(C)n1nc(C(=O)N[C@H](C)C23CC4CC(CC(C4)C2)C3)c2ccccc2c1=O. The first-order valence-corrected chi connectivity index (χ1v) is 11.2. The molecule has 29 heavy (non-hydrogen) atoms. The molecule has 4 saturated carbocycles. The highest BCUT2D eigenvalue weighted by Crippen LogP contribution is 2.61. The minimum absolute atomic E-state index is 0.0979. The third kappa shape index (κ3) is 3.01. The lowest BCUT2D eigenvalue weighted by molar-refractivity contribution is -0.0688. The maximum atomic E-state index is 13.4. The molecular formula is C24H31N3O2. The van der Waals surface area contributed by atoms with E-state index in [1.165, 1.54) is 43.2 Å². The lowest BCUT2D eigenvalue weighted by atomic mass is 9.48. The molecule has 0 spiro atoms. The number of nitrogens with zero attached hydrogens (tertiary/aromatic N) is 2. The molecule has 1 amide bonds. The largest absolute Gasteiger partial charge is 0.348 e. The summed E-state index contributed by atoms with van der Waals surface area (Å²) in [6.07, 6.45) is 7.93. The molecule has 4 bridgehead atoms. The van der Waals surface area contributed by atoms with Gasteiger partial charge in [0.25, 0.3) is 11.5 Å². The van der Waals surface area contributed by atoms with Crippen molar-refractivity contribution in [3.8, 4) is 0 Å². The van der Waals surface area contributed by atoms with Gasteiger partial charge in [-0.15, -0.1) is 0 Å². The zero-order chi connectivity index (χ0) is 20.3. The third-order valence-corrected chi connectivity index (χ3v) is 7.88. The zero-order valence-corrected chi connectivity index (χ0v) is 17.6. The van der Waals surface area contributed by atoms with Gasteiger partial charge in [0, 0.05) is 11.4 Å². The van der Waals surface area contributed by atoms with Crippen LogP contribution in [0.15, 0.2) is 29.1 Å². The zero-order valence-electron chi connectivity index (χ0n) is 17.6. The molecule has 0 radical (unpaired) electrons. The van der Waals surface area contributed by atoms with E-state index in [1.54, 1.807) is 6.07 Å². The summed E-state index contributed by atoms with van der Waals surface area (Å²) < 4.78 is 1.44. The number of benzene rings is 1. The maximum absolute atomic E-state index is 13.4. The van der Waals surface area contributed by atoms with Crippen molar-refractivity contribution in [2.75, 3.05) is 0 Å². The van der Waals surface area contributed by atoms with E-state index < -0.39 is 0 Å². The van der Waals surface area contributed by atoms with Crippen molar-refractivity contribution in [2.24, 2.45) is 23.2 Å². The summed E-state index contributed by atoms with van der Waals surface area (Å²) in [4.78, 5) is 26.1. The molecule has 4 aliphatic carbocycles. The number of amides is 1. The number of hydrogen-bond acceptors (Lipinski definition) is 3. The van der Waals surface area contributed by atoms with E-state index in [0.717, 1.165) is 17.8 Å². The Bertz CT molecular complexity index is 987. The smallest absolute Gasteiger partial charge is 0.274 e. The van der Waals surface area contributed by atoms with Crippen LogP contribution in [0.5, 0.6) is 0 Å². The molecule has 1 N–H and O–H groups in total. The van der Waals surface area contributed by atoms with E-state index in [2.05, 4.69) is 17.3 Å². The molecule has 4 fully saturated rings. The van der Waals surface area contributed by atoms with Crippen molar-refractivity contribution in [1.82, 2.24) is 15.1 Å². The van der Waals surface area contributed by atoms with Crippen molar-refractivity contribution in [2.45, 2.75) is 71.4 Å². The van der Waals surface area contributed by atoms with E-state index in [0.29, 0.717) is 16.5 Å². The fourth-order valence-corrected chi connectivity index (χ4v) is 6.85. The van der Waals surface area contributed by atoms with Crippen molar-refractivity contribution < 1.29 is 4.79 Å². The first kappa shape index (κ1) is 18.8. The lowest BCUT2D eigenvalue weighted by Gasteiger charge is -2.59. The van der Waals surface area contributed by atoms with Crippen LogP contribution in [0.3, 0.4) is 0 Å². The van der Waals surface area contributed by atoms with Crippen LogP contribution in [0.4, 0.5) is 0 Å². The Morgan fingerprint density at radius 2 is 1.59 bits per heavy atom. The minimum atomic E-state index is -0.154. The van der Waals surface area contributed by atoms with Crippen molar-refractivity contribution in [3.63, 3.8) is 0 Å². The van der Waals surface area contributed by atoms with Gasteiger partial charge in [-0.25, -0.2) is 4.68 Å². The van der Waals surface area contributed by atoms with Crippen LogP contribution in [0.2, 0.25) is 0 Å². The number of hydrogen-bond donors (Lipinski definition) is 1. The third-order valence-electron chi connectivity index (χ3n) is 7.88. The van der Waals surface area contributed by atoms with Crippen LogP contribution < -0.4 is 10.9 Å². The topological polar surface area (TPSA) is 64.0 Å². The number of fused-ring (bicyclic) bond motifs is 1. The molecule has 1 aromatic heterocycles. The van der Waals surface area contributed by atoms with Gasteiger partial charge < -0.3 is 5.32 Å². The van der Waals surface area contributed by atoms with E-state index in [4.69, 9.17) is 0 Å². The molecule has 4 aliphatic rings. The number of carbonyl (C=O) groups is 1. The Hall–Kier alpha value is -2.17. The van der Waals surface area contributed by atoms with Gasteiger partial charge in [0.1, 0.15) is 0 Å². The molecule has 1 heterocycles. The Labute approximate surface area is 171 Å². The molecule has 0 unspecified atom stereocenters. The standard InChI is InChI=1S/C24H31N3O2/c1-14(2)27-23(29)20-7-5-4-6-19(20)21(26-27)22(28)25-15(3)24-11-16-8-17(12-24)10-18(9-16)13-24/h4-7,14-18H,8-13H2,1-3H3,(H,25,28)/t15-,16?,17?,18?,24?/m1/s1. The summed E-state index contributed by atoms with van der Waals surface area (Å²) >= 11 is 0. The number of rotatable bonds is 4. The van der Waals surface area contributed by atoms with E-state index in [-0.39, 0.29) is 29.0 Å². The molecule has 1 atom stereocenters. The van der Waals surface area contributed by atoms with Gasteiger partial charge in [-0.1, -0.05) is 18.2 Å². The fraction of sp³-hybridized carbons (Fsp3) is 0.625. The molecule has 5 nitrogen and oxygen atoms in total. The second kappa shape index (κ2) is 6.68. The molecule has 0 saturated heterocycles. The maximum Gasteiger partial charge on any atom is 0.274 e. The molecule has 6 rings (SSSR count). The van der Waals surface area contributed by atoms with Gasteiger partial charge in [0.05, 0.1) is 11.4 Å². The molecule has 5 heteroatoms. The summed E-state index contributed by atoms with van der Waals surface area (Å²) in [6, 6.07) is 7.36. The van der Waals surface area contributed by atoms with Crippen molar-refractivity contribution in [3.05, 3.63) is 40.3 Å². The molecular weight excluding hydrogens is 362 g/mol. The van der Waals surface area contributed by atoms with E-state index in [1.807, 2.05) is 32.0 Å². The predicted octanol–water partition coefficient (Wildman–Crippen LogP) is 4.31. The Kier molecular flexibility index (Phi) is 4.34. The van der Waals surface area contributed by atoms with Crippen molar-refractivity contribution in [1.29, 1.82) is 0 Å². The minimum Gasteiger partial charge on any atom is -0.348 e. The van der Waals surface area contributed by atoms with Gasteiger partial charge in [0.2, 0.25) is 0 Å². The van der Waals surface area contributed by atoms with Crippen LogP contribution >= 0.6 is 0 Å². The Balaban J connectivity index is 1.48. The van der Waals surface area contributed by atoms with E-state index >= 15 is 0 Å². The normalized spacial score (nSPS) is 31.4. The summed E-state index contributed by atoms with van der Waals surface area (Å²) in [7, 11) is 0. The quantitative estimate of drug-likeness (QED) is 0.842. The number of carbonyl (C=O) groups excluding carboxylic acids is 1. The molecule has 0 aliphatic heterocycles. The second-order valence-corrected chi connectivity index (χ2v) is 10.2. The monoisotopic (exact) mass is 393 g/mol. The van der Waals surface area contributed by atoms with Crippen LogP contribution in [0.25, 0.3) is 10.8 Å². The fourth-order valence-electron chi connectivity index (χ4n) is 6.85. The van der Waals surface area contributed by atoms with Gasteiger partial charge >= 0.3 is 0 Å². The molecule has 154 valence electrons. The average Bonchev–Trinajstić information content (AvgIpc) is 2.67. The number of nitrogens with one attached hydrogen (secondary N) is 1. The predicted molar refractivity (Wildman–Crippen MR) is 114 cm³/mol. The summed E-state index contributed by atoms with van der Waals surface area (Å²) in [6.45, 7) is 6.03. The Morgan fingerprint density at radius 1 is 1.03 bits per heavy atom. The van der Waals surface area contributed by atoms with Crippen LogP contribution in [-0.4, -0.2) is 21.7 Å². The van der Waals surface area contributed by atoms with Gasteiger partial charge in [-0.05, 0) is 88.5 Å². The highest BCUT2D eigenvalue weighted by molar-refractivity contribution is 6.04. The summed E-state index contributed by atoms with van der Waals surface area (Å²) in [5.41, 5.74) is 0.471. The first-order chi connectivity index (χ1) is 13.9.